The van der Waals surface area contributed by atoms with Gasteiger partial charge in [-0.3, -0.25) is 4.79 Å². The van der Waals surface area contributed by atoms with Gasteiger partial charge < -0.3 is 4.90 Å². The first kappa shape index (κ1) is 15.0. The number of fused-ring (bicyclic) bond motifs is 1. The Morgan fingerprint density at radius 1 is 1.14 bits per heavy atom. The van der Waals surface area contributed by atoms with Gasteiger partial charge in [0.2, 0.25) is 0 Å². The third-order valence-electron chi connectivity index (χ3n) is 4.19. The average Bonchev–Trinajstić information content (AvgIpc) is 2.90. The fraction of sp³-hybridized carbons (Fsp3) is 0.588. The largest absolute Gasteiger partial charge is 0.337 e. The Morgan fingerprint density at radius 3 is 2.45 bits per heavy atom. The number of aromatic nitrogens is 3. The van der Waals surface area contributed by atoms with E-state index >= 15 is 0 Å². The molecule has 0 unspecified atom stereocenters. The van der Waals surface area contributed by atoms with E-state index < -0.39 is 0 Å². The maximum atomic E-state index is 12.9. The van der Waals surface area contributed by atoms with Gasteiger partial charge in [-0.2, -0.15) is 5.10 Å². The van der Waals surface area contributed by atoms with Crippen LogP contribution < -0.4 is 0 Å². The van der Waals surface area contributed by atoms with Gasteiger partial charge in [-0.1, -0.05) is 20.8 Å². The lowest BCUT2D eigenvalue weighted by Gasteiger charge is -2.26. The molecule has 0 bridgehead atoms. The Labute approximate surface area is 131 Å². The third-order valence-corrected chi connectivity index (χ3v) is 4.19. The summed E-state index contributed by atoms with van der Waals surface area (Å²) in [6, 6.07) is 3.84. The van der Waals surface area contributed by atoms with Crippen molar-refractivity contribution in [1.82, 2.24) is 19.5 Å². The Kier molecular flexibility index (Phi) is 3.67. The van der Waals surface area contributed by atoms with E-state index in [-0.39, 0.29) is 11.3 Å². The van der Waals surface area contributed by atoms with E-state index in [2.05, 4.69) is 30.9 Å². The molecule has 1 fully saturated rings. The van der Waals surface area contributed by atoms with E-state index in [0.29, 0.717) is 5.69 Å². The molecule has 1 aliphatic heterocycles. The van der Waals surface area contributed by atoms with E-state index in [1.807, 2.05) is 24.0 Å². The SMILES string of the molecule is Cc1cc(C(=O)N2CCCCC2)n2nc(C(C)(C)C)cc2n1. The Balaban J connectivity index is 2.07. The zero-order valence-electron chi connectivity index (χ0n) is 13.9. The molecule has 0 N–H and O–H groups in total. The highest BCUT2D eigenvalue weighted by Gasteiger charge is 2.24. The lowest BCUT2D eigenvalue weighted by molar-refractivity contribution is 0.0715. The lowest BCUT2D eigenvalue weighted by atomic mass is 9.93. The highest BCUT2D eigenvalue weighted by atomic mass is 16.2. The van der Waals surface area contributed by atoms with Crippen molar-refractivity contribution in [3.63, 3.8) is 0 Å². The molecule has 0 spiro atoms. The number of nitrogens with zero attached hydrogens (tertiary/aromatic N) is 4. The molecule has 22 heavy (non-hydrogen) atoms. The van der Waals surface area contributed by atoms with Crippen molar-refractivity contribution in [1.29, 1.82) is 0 Å². The second-order valence-corrected chi connectivity index (χ2v) is 7.19. The van der Waals surface area contributed by atoms with Crippen LogP contribution in [-0.4, -0.2) is 38.5 Å². The van der Waals surface area contributed by atoms with Crippen LogP contribution in [0, 0.1) is 6.92 Å². The topological polar surface area (TPSA) is 50.5 Å². The molecule has 1 amide bonds. The first-order valence-corrected chi connectivity index (χ1v) is 8.03. The monoisotopic (exact) mass is 300 g/mol. The van der Waals surface area contributed by atoms with Gasteiger partial charge in [0, 0.05) is 30.3 Å². The van der Waals surface area contributed by atoms with Crippen LogP contribution in [0.15, 0.2) is 12.1 Å². The molecular formula is C17H24N4O. The normalized spacial score (nSPS) is 16.3. The molecule has 0 saturated carbocycles. The van der Waals surface area contributed by atoms with Crippen LogP contribution in [0.2, 0.25) is 0 Å². The number of hydrogen-bond acceptors (Lipinski definition) is 3. The van der Waals surface area contributed by atoms with Gasteiger partial charge >= 0.3 is 0 Å². The number of carbonyl (C=O) groups excluding carboxylic acids is 1. The summed E-state index contributed by atoms with van der Waals surface area (Å²) >= 11 is 0. The summed E-state index contributed by atoms with van der Waals surface area (Å²) in [6.45, 7) is 9.97. The fourth-order valence-electron chi connectivity index (χ4n) is 2.88. The molecule has 0 radical (unpaired) electrons. The van der Waals surface area contributed by atoms with Gasteiger partial charge in [-0.25, -0.2) is 9.50 Å². The summed E-state index contributed by atoms with van der Waals surface area (Å²) in [7, 11) is 0. The van der Waals surface area contributed by atoms with Crippen molar-refractivity contribution in [2.75, 3.05) is 13.1 Å². The summed E-state index contributed by atoms with van der Waals surface area (Å²) in [5.41, 5.74) is 3.13. The van der Waals surface area contributed by atoms with Gasteiger partial charge in [-0.05, 0) is 32.3 Å². The highest BCUT2D eigenvalue weighted by Crippen LogP contribution is 2.23. The minimum Gasteiger partial charge on any atom is -0.337 e. The number of likely N-dealkylation sites (tertiary alicyclic amines) is 1. The van der Waals surface area contributed by atoms with Crippen molar-refractivity contribution in [2.24, 2.45) is 0 Å². The third kappa shape index (κ3) is 2.72. The summed E-state index contributed by atoms with van der Waals surface area (Å²) in [6.07, 6.45) is 3.39. The van der Waals surface area contributed by atoms with Crippen LogP contribution in [-0.2, 0) is 5.41 Å². The van der Waals surface area contributed by atoms with Crippen LogP contribution >= 0.6 is 0 Å². The molecule has 2 aromatic heterocycles. The van der Waals surface area contributed by atoms with Gasteiger partial charge in [0.15, 0.2) is 5.65 Å². The summed E-state index contributed by atoms with van der Waals surface area (Å²) in [4.78, 5) is 19.3. The second-order valence-electron chi connectivity index (χ2n) is 7.19. The van der Waals surface area contributed by atoms with Crippen LogP contribution in [0.4, 0.5) is 0 Å². The quantitative estimate of drug-likeness (QED) is 0.813. The molecule has 0 aromatic carbocycles. The number of hydrogen-bond donors (Lipinski definition) is 0. The van der Waals surface area contributed by atoms with Crippen molar-refractivity contribution in [3.05, 3.63) is 29.2 Å². The molecular weight excluding hydrogens is 276 g/mol. The number of piperidine rings is 1. The molecule has 0 aliphatic carbocycles. The van der Waals surface area contributed by atoms with E-state index in [4.69, 9.17) is 0 Å². The molecule has 2 aromatic rings. The van der Waals surface area contributed by atoms with E-state index in [9.17, 15) is 4.79 Å². The van der Waals surface area contributed by atoms with E-state index in [1.165, 1.54) is 6.42 Å². The average molecular weight is 300 g/mol. The van der Waals surface area contributed by atoms with Crippen LogP contribution in [0.5, 0.6) is 0 Å². The zero-order chi connectivity index (χ0) is 15.9. The fourth-order valence-corrected chi connectivity index (χ4v) is 2.88. The standard InChI is InChI=1S/C17H24N4O/c1-12-10-13(16(22)20-8-6-5-7-9-20)21-15(18-12)11-14(19-21)17(2,3)4/h10-11H,5-9H2,1-4H3. The minimum atomic E-state index is -0.0625. The minimum absolute atomic E-state index is 0.0625. The maximum absolute atomic E-state index is 12.9. The first-order valence-electron chi connectivity index (χ1n) is 8.03. The van der Waals surface area contributed by atoms with Gasteiger partial charge in [0.05, 0.1) is 5.69 Å². The number of aryl methyl sites for hydroxylation is 1. The summed E-state index contributed by atoms with van der Waals surface area (Å²) < 4.78 is 1.71. The molecule has 0 atom stereocenters. The number of carbonyl (C=O) groups is 1. The van der Waals surface area contributed by atoms with Crippen molar-refractivity contribution in [3.8, 4) is 0 Å². The Bertz CT molecular complexity index is 705. The van der Waals surface area contributed by atoms with Gasteiger partial charge in [0.25, 0.3) is 5.91 Å². The van der Waals surface area contributed by atoms with Gasteiger partial charge in [-0.15, -0.1) is 0 Å². The lowest BCUT2D eigenvalue weighted by Crippen LogP contribution is -2.36. The second kappa shape index (κ2) is 5.38. The number of amides is 1. The molecule has 118 valence electrons. The van der Waals surface area contributed by atoms with Crippen molar-refractivity contribution in [2.45, 2.75) is 52.4 Å². The van der Waals surface area contributed by atoms with Crippen molar-refractivity contribution >= 4 is 11.6 Å². The molecule has 3 heterocycles. The maximum Gasteiger partial charge on any atom is 0.272 e. The van der Waals surface area contributed by atoms with Crippen molar-refractivity contribution < 1.29 is 4.79 Å². The van der Waals surface area contributed by atoms with E-state index in [1.54, 1.807) is 4.52 Å². The summed E-state index contributed by atoms with van der Waals surface area (Å²) in [5, 5.41) is 4.65. The predicted octanol–water partition coefficient (Wildman–Crippen LogP) is 2.96. The zero-order valence-corrected chi connectivity index (χ0v) is 13.9. The molecule has 1 aliphatic rings. The molecule has 5 heteroatoms. The smallest absolute Gasteiger partial charge is 0.272 e. The first-order chi connectivity index (χ1) is 10.4. The molecule has 1 saturated heterocycles. The molecule has 3 rings (SSSR count). The van der Waals surface area contributed by atoms with Gasteiger partial charge in [0.1, 0.15) is 5.69 Å². The summed E-state index contributed by atoms with van der Waals surface area (Å²) in [5.74, 6) is 0.0683. The highest BCUT2D eigenvalue weighted by molar-refractivity contribution is 5.93. The Morgan fingerprint density at radius 2 is 1.82 bits per heavy atom. The van der Waals surface area contributed by atoms with Crippen LogP contribution in [0.3, 0.4) is 0 Å². The predicted molar refractivity (Wildman–Crippen MR) is 86.2 cm³/mol. The van der Waals surface area contributed by atoms with Crippen LogP contribution in [0.1, 0.15) is 61.9 Å². The van der Waals surface area contributed by atoms with Crippen LogP contribution in [0.25, 0.3) is 5.65 Å². The van der Waals surface area contributed by atoms with E-state index in [0.717, 1.165) is 43.0 Å². The number of rotatable bonds is 1. The Hall–Kier alpha value is -1.91. The molecule has 5 nitrogen and oxygen atoms in total.